The molecule has 0 aliphatic heterocycles. The van der Waals surface area contributed by atoms with Crippen LogP contribution in [0.3, 0.4) is 0 Å². The summed E-state index contributed by atoms with van der Waals surface area (Å²) < 4.78 is 11.4. The molecular formula is C26H23N3O2. The van der Waals surface area contributed by atoms with Gasteiger partial charge in [0.05, 0.1) is 24.2 Å². The summed E-state index contributed by atoms with van der Waals surface area (Å²) >= 11 is 0. The second-order valence-corrected chi connectivity index (χ2v) is 6.84. The first-order chi connectivity index (χ1) is 15.3. The first-order valence-corrected chi connectivity index (χ1v) is 9.97. The highest BCUT2D eigenvalue weighted by Crippen LogP contribution is 2.27. The lowest BCUT2D eigenvalue weighted by molar-refractivity contribution is 0.299. The Kier molecular flexibility index (Phi) is 6.55. The van der Waals surface area contributed by atoms with Gasteiger partial charge in [-0.25, -0.2) is 0 Å². The van der Waals surface area contributed by atoms with Crippen LogP contribution >= 0.6 is 0 Å². The van der Waals surface area contributed by atoms with Gasteiger partial charge in [0.15, 0.2) is 0 Å². The standard InChI is InChI=1S/C26H23N3O2/c1-30-26-18-25(31-19-24-9-5-6-16-27-24)15-12-21(26)11-14-23-17-22(28-29-23)13-10-20-7-3-2-4-8-20/h2-18H,19H2,1H3,(H,28,29). The van der Waals surface area contributed by atoms with Crippen molar-refractivity contribution in [3.05, 3.63) is 107 Å². The summed E-state index contributed by atoms with van der Waals surface area (Å²) in [7, 11) is 1.65. The van der Waals surface area contributed by atoms with Gasteiger partial charge in [0.1, 0.15) is 18.1 Å². The van der Waals surface area contributed by atoms with E-state index in [4.69, 9.17) is 9.47 Å². The Bertz CT molecular complexity index is 1170. The van der Waals surface area contributed by atoms with Crippen molar-refractivity contribution in [3.8, 4) is 11.5 Å². The lowest BCUT2D eigenvalue weighted by Crippen LogP contribution is -1.98. The van der Waals surface area contributed by atoms with E-state index in [1.165, 1.54) is 0 Å². The summed E-state index contributed by atoms with van der Waals surface area (Å²) in [4.78, 5) is 4.27. The van der Waals surface area contributed by atoms with Crippen LogP contribution in [-0.2, 0) is 6.61 Å². The minimum Gasteiger partial charge on any atom is -0.496 e. The van der Waals surface area contributed by atoms with Crippen molar-refractivity contribution in [3.63, 3.8) is 0 Å². The number of ether oxygens (including phenoxy) is 2. The third-order valence-electron chi connectivity index (χ3n) is 4.62. The molecule has 0 saturated heterocycles. The van der Waals surface area contributed by atoms with E-state index in [2.05, 4.69) is 27.3 Å². The maximum Gasteiger partial charge on any atom is 0.130 e. The van der Waals surface area contributed by atoms with Crippen LogP contribution in [0.15, 0.2) is 79.0 Å². The fourth-order valence-electron chi connectivity index (χ4n) is 3.01. The average Bonchev–Trinajstić information content (AvgIpc) is 3.29. The van der Waals surface area contributed by atoms with Gasteiger partial charge >= 0.3 is 0 Å². The van der Waals surface area contributed by atoms with Gasteiger partial charge in [-0.3, -0.25) is 10.1 Å². The van der Waals surface area contributed by atoms with Crippen LogP contribution < -0.4 is 9.47 Å². The van der Waals surface area contributed by atoms with Gasteiger partial charge in [-0.15, -0.1) is 0 Å². The van der Waals surface area contributed by atoms with Crippen LogP contribution in [0.5, 0.6) is 11.5 Å². The lowest BCUT2D eigenvalue weighted by Gasteiger charge is -2.09. The third kappa shape index (κ3) is 5.70. The smallest absolute Gasteiger partial charge is 0.130 e. The molecular weight excluding hydrogens is 386 g/mol. The van der Waals surface area contributed by atoms with Crippen molar-refractivity contribution in [2.24, 2.45) is 0 Å². The molecule has 2 heterocycles. The summed E-state index contributed by atoms with van der Waals surface area (Å²) in [5, 5.41) is 7.38. The Balaban J connectivity index is 1.41. The number of hydrogen-bond donors (Lipinski definition) is 1. The minimum absolute atomic E-state index is 0.408. The van der Waals surface area contributed by atoms with Crippen LogP contribution in [-0.4, -0.2) is 22.3 Å². The fraction of sp³-hybridized carbons (Fsp3) is 0.0769. The molecule has 2 aromatic carbocycles. The van der Waals surface area contributed by atoms with Crippen LogP contribution in [0.2, 0.25) is 0 Å². The zero-order valence-corrected chi connectivity index (χ0v) is 17.2. The largest absolute Gasteiger partial charge is 0.496 e. The fourth-order valence-corrected chi connectivity index (χ4v) is 3.01. The van der Waals surface area contributed by atoms with Crippen LogP contribution in [0.1, 0.15) is 28.2 Å². The van der Waals surface area contributed by atoms with Crippen molar-refractivity contribution >= 4 is 24.3 Å². The Morgan fingerprint density at radius 2 is 1.74 bits per heavy atom. The van der Waals surface area contributed by atoms with E-state index in [0.29, 0.717) is 6.61 Å². The number of H-pyrrole nitrogens is 1. The maximum atomic E-state index is 5.83. The van der Waals surface area contributed by atoms with Crippen LogP contribution in [0.4, 0.5) is 0 Å². The first kappa shape index (κ1) is 20.2. The number of aromatic nitrogens is 3. The molecule has 1 N–H and O–H groups in total. The lowest BCUT2D eigenvalue weighted by atomic mass is 10.1. The predicted molar refractivity (Wildman–Crippen MR) is 124 cm³/mol. The van der Waals surface area contributed by atoms with Gasteiger partial charge in [0, 0.05) is 17.8 Å². The van der Waals surface area contributed by atoms with E-state index in [1.54, 1.807) is 13.3 Å². The highest BCUT2D eigenvalue weighted by Gasteiger charge is 2.04. The van der Waals surface area contributed by atoms with E-state index in [1.807, 2.05) is 85.0 Å². The number of nitrogens with one attached hydrogen (secondary N) is 1. The summed E-state index contributed by atoms with van der Waals surface area (Å²) in [6.07, 6.45) is 9.73. The molecule has 0 radical (unpaired) electrons. The van der Waals surface area contributed by atoms with Crippen molar-refractivity contribution in [1.29, 1.82) is 0 Å². The molecule has 5 nitrogen and oxygen atoms in total. The third-order valence-corrected chi connectivity index (χ3v) is 4.62. The number of nitrogens with zero attached hydrogens (tertiary/aromatic N) is 2. The van der Waals surface area contributed by atoms with Gasteiger partial charge in [-0.2, -0.15) is 5.10 Å². The molecule has 5 heteroatoms. The van der Waals surface area contributed by atoms with Crippen molar-refractivity contribution in [2.45, 2.75) is 6.61 Å². The van der Waals surface area contributed by atoms with Gasteiger partial charge in [0.25, 0.3) is 0 Å². The Hall–Kier alpha value is -4.12. The molecule has 0 spiro atoms. The second kappa shape index (κ2) is 10.1. The molecule has 0 saturated carbocycles. The van der Waals surface area contributed by atoms with Crippen molar-refractivity contribution < 1.29 is 9.47 Å². The molecule has 154 valence electrons. The molecule has 4 rings (SSSR count). The average molecular weight is 409 g/mol. The van der Waals surface area contributed by atoms with Gasteiger partial charge in [-0.1, -0.05) is 42.5 Å². The molecule has 2 aromatic heterocycles. The van der Waals surface area contributed by atoms with Crippen molar-refractivity contribution in [1.82, 2.24) is 15.2 Å². The monoisotopic (exact) mass is 409 g/mol. The quantitative estimate of drug-likeness (QED) is 0.404. The maximum absolute atomic E-state index is 5.83. The highest BCUT2D eigenvalue weighted by molar-refractivity contribution is 5.74. The summed E-state index contributed by atoms with van der Waals surface area (Å²) in [5.41, 5.74) is 4.74. The zero-order chi connectivity index (χ0) is 21.3. The number of hydrogen-bond acceptors (Lipinski definition) is 4. The highest BCUT2D eigenvalue weighted by atomic mass is 16.5. The Morgan fingerprint density at radius 3 is 2.55 bits per heavy atom. The number of methoxy groups -OCH3 is 1. The van der Waals surface area contributed by atoms with Crippen LogP contribution in [0.25, 0.3) is 24.3 Å². The minimum atomic E-state index is 0.408. The van der Waals surface area contributed by atoms with E-state index >= 15 is 0 Å². The molecule has 0 bridgehead atoms. The van der Waals surface area contributed by atoms with Crippen molar-refractivity contribution in [2.75, 3.05) is 7.11 Å². The zero-order valence-electron chi connectivity index (χ0n) is 17.2. The van der Waals surface area contributed by atoms with E-state index in [9.17, 15) is 0 Å². The van der Waals surface area contributed by atoms with E-state index < -0.39 is 0 Å². The topological polar surface area (TPSA) is 60.0 Å². The second-order valence-electron chi connectivity index (χ2n) is 6.84. The first-order valence-electron chi connectivity index (χ1n) is 9.97. The molecule has 0 atom stereocenters. The molecule has 0 aliphatic rings. The summed E-state index contributed by atoms with van der Waals surface area (Å²) in [5.74, 6) is 1.46. The molecule has 0 fully saturated rings. The number of benzene rings is 2. The summed E-state index contributed by atoms with van der Waals surface area (Å²) in [6, 6.07) is 23.7. The predicted octanol–water partition coefficient (Wildman–Crippen LogP) is 5.73. The van der Waals surface area contributed by atoms with Gasteiger partial charge in [-0.05, 0) is 54.1 Å². The van der Waals surface area contributed by atoms with Crippen LogP contribution in [0, 0.1) is 0 Å². The summed E-state index contributed by atoms with van der Waals surface area (Å²) in [6.45, 7) is 0.408. The van der Waals surface area contributed by atoms with E-state index in [-0.39, 0.29) is 0 Å². The van der Waals surface area contributed by atoms with E-state index in [0.717, 1.165) is 39.7 Å². The molecule has 31 heavy (non-hydrogen) atoms. The SMILES string of the molecule is COc1cc(OCc2ccccn2)ccc1C=Cc1cc(C=Cc2ccccc2)[nH]n1. The number of pyridine rings is 1. The number of aromatic amines is 1. The molecule has 0 aliphatic carbocycles. The van der Waals surface area contributed by atoms with Gasteiger partial charge < -0.3 is 9.47 Å². The molecule has 0 amide bonds. The molecule has 4 aromatic rings. The number of rotatable bonds is 8. The molecule has 0 unspecified atom stereocenters. The Labute approximate surface area is 181 Å². The normalized spacial score (nSPS) is 11.3. The Morgan fingerprint density at radius 1 is 0.871 bits per heavy atom. The van der Waals surface area contributed by atoms with Gasteiger partial charge in [0.2, 0.25) is 0 Å².